The van der Waals surface area contributed by atoms with E-state index in [0.29, 0.717) is 31.2 Å². The second kappa shape index (κ2) is 40.5. The summed E-state index contributed by atoms with van der Waals surface area (Å²) in [5.74, 6) is 0.364. The first kappa shape index (κ1) is 92.6. The molecule has 11 heterocycles. The van der Waals surface area contributed by atoms with Crippen LogP contribution in [0.4, 0.5) is 5.00 Å². The van der Waals surface area contributed by atoms with E-state index in [4.69, 9.17) is 50.5 Å². The monoisotopic (exact) mass is 2040 g/mol. The predicted molar refractivity (Wildman–Crippen MR) is 590 cm³/mol. The number of methoxy groups -OCH3 is 1. The summed E-state index contributed by atoms with van der Waals surface area (Å²) >= 11 is 39.5. The number of nitrogens with one attached hydrogen (secondary N) is 2. The van der Waals surface area contributed by atoms with Gasteiger partial charge in [-0.15, -0.1) is 56.7 Å². The fraction of sp³-hybridized carbons (Fsp3) is 0.0180. The third-order valence-corrected chi connectivity index (χ3v) is 29.1. The van der Waals surface area contributed by atoms with E-state index in [9.17, 15) is 18.9 Å². The number of H-pyrrole nitrogens is 2. The molecule has 0 aliphatic rings. The minimum atomic E-state index is -3.22. The van der Waals surface area contributed by atoms with Gasteiger partial charge in [0.25, 0.3) is 5.56 Å². The smallest absolute Gasteiger partial charge is 0.341 e. The zero-order valence-corrected chi connectivity index (χ0v) is 82.8. The molecule has 0 fully saturated rings. The van der Waals surface area contributed by atoms with Crippen molar-refractivity contribution in [3.63, 3.8) is 0 Å². The number of ether oxygens (including phenoxy) is 1. The zero-order chi connectivity index (χ0) is 95.5. The van der Waals surface area contributed by atoms with Gasteiger partial charge < -0.3 is 19.6 Å². The number of aromatic amines is 2. The minimum Gasteiger partial charge on any atom is -0.465 e. The number of esters is 1. The van der Waals surface area contributed by atoms with Crippen LogP contribution < -0.4 is 17.0 Å². The van der Waals surface area contributed by atoms with Crippen molar-refractivity contribution in [1.29, 1.82) is 0 Å². The van der Waals surface area contributed by atoms with Crippen LogP contribution in [0, 0.1) is 6.92 Å². The molecule has 16 nitrogen and oxygen atoms in total. The Kier molecular flexibility index (Phi) is 27.0. The van der Waals surface area contributed by atoms with Crippen LogP contribution >= 0.6 is 130 Å². The number of hydrogen-bond donors (Lipinski definition) is 3. The summed E-state index contributed by atoms with van der Waals surface area (Å²) in [5.41, 5.74) is 23.9. The Bertz CT molecular complexity index is 9350. The maximum atomic E-state index is 11.6. The lowest BCUT2D eigenvalue weighted by atomic mass is 9.97. The Morgan fingerprint density at radius 2 is 0.719 bits per heavy atom. The number of aromatic nitrogens is 10. The number of hydrogen-bond acceptors (Lipinski definition) is 17. The lowest BCUT2D eigenvalue weighted by Crippen LogP contribution is -2.20. The van der Waals surface area contributed by atoms with Gasteiger partial charge in [-0.25, -0.2) is 39.5 Å². The topological polar surface area (TPSA) is 222 Å². The molecule has 0 aliphatic heterocycles. The molecular formula is C111H72Cl6N11O5PS5. The molecule has 0 unspecified atom stereocenters. The van der Waals surface area contributed by atoms with Gasteiger partial charge in [-0.3, -0.25) is 19.3 Å². The van der Waals surface area contributed by atoms with E-state index in [2.05, 4.69) is 339 Å². The fourth-order valence-electron chi connectivity index (χ4n) is 17.4. The Balaban J connectivity index is 0.000000108. The summed E-state index contributed by atoms with van der Waals surface area (Å²) in [4.78, 5) is 69.7. The number of nitrogens with two attached hydrogens (primary N) is 1. The van der Waals surface area contributed by atoms with E-state index in [0.717, 1.165) is 106 Å². The number of halogens is 6. The largest absolute Gasteiger partial charge is 0.465 e. The number of benzene rings is 15. The van der Waals surface area contributed by atoms with E-state index >= 15 is 0 Å². The molecule has 0 radical (unpaired) electrons. The molecule has 26 rings (SSSR count). The van der Waals surface area contributed by atoms with Gasteiger partial charge >= 0.3 is 16.9 Å². The molecule has 4 N–H and O–H groups in total. The van der Waals surface area contributed by atoms with Gasteiger partial charge in [0.1, 0.15) is 35.0 Å². The number of carbonyl (C=O) groups excluding carboxylic acids is 1. The van der Waals surface area contributed by atoms with Crippen LogP contribution in [-0.4, -0.2) is 62.1 Å². The predicted octanol–water partition coefficient (Wildman–Crippen LogP) is 33.5. The number of thiophene rings is 5. The van der Waals surface area contributed by atoms with Crippen molar-refractivity contribution >= 4 is 276 Å². The van der Waals surface area contributed by atoms with Crippen molar-refractivity contribution in [3.8, 4) is 67.5 Å². The number of carbonyl (C=O) groups is 1. The highest BCUT2D eigenvalue weighted by molar-refractivity contribution is 8.24. The summed E-state index contributed by atoms with van der Waals surface area (Å²) in [6.07, 6.45) is 0. The molecule has 15 aromatic carbocycles. The molecule has 678 valence electrons. The standard InChI is InChI=1S/C40H25N3S.C25H19N.C16H9ClN2S.C10H4Cl2N2S.C10H6N2O2S.C10H9NO2S.Cl3OP/c1-3-13-26(14-4-1)38-37-32-20-8-10-24-35(32)44-40(37)42-39(41-38)28-16-11-15-27(25-28)30-21-12-23-34-36(30)31-19-7-9-22-33(31)43(34)29-17-5-2-6-18-29;1-18-9-7-10-19(17-18)21-14-8-16-24-25(21)22-13-5-6-15-23(22)26(24)20-11-3-2-4-12-20;17-16-18-14(10-6-2-1-3-7-10)13-11-8-4-5-9-12(11)20-15(13)19-16;11-8-7-5-3-1-2-4-6(5)15-9(7)14-10(12)13-8;13-8-7-5-3-1-2-4-6(5)15-9(7)12-10(14)11-8;1-13-10(12)8-6-4-2-3-5-7(6)14-9(8)11;1-5(2,3)4/h1-25H;2-17H,1H3;1-9H;1-4H;1-4H,(H2,11,12,13,14);2-5H,11H2,1H3;. The molecule has 0 amide bonds. The summed E-state index contributed by atoms with van der Waals surface area (Å²) in [5, 5.41) is 12.2. The molecule has 0 aliphatic carbocycles. The van der Waals surface area contributed by atoms with E-state index < -0.39 is 10.9 Å². The van der Waals surface area contributed by atoms with Crippen LogP contribution in [0.15, 0.2) is 386 Å². The number of fused-ring (bicyclic) bond motifs is 19. The number of nitrogens with zero attached hydrogens (tertiary/aromatic N) is 8. The molecule has 0 atom stereocenters. The molecule has 28 heteroatoms. The second-order valence-electron chi connectivity index (χ2n) is 31.8. The Labute approximate surface area is 842 Å². The van der Waals surface area contributed by atoms with Crippen LogP contribution in [-0.2, 0) is 9.30 Å². The van der Waals surface area contributed by atoms with Gasteiger partial charge in [0.05, 0.1) is 51.3 Å². The number of para-hydroxylation sites is 4. The number of nitrogen functional groups attached to an aromatic ring is 1. The highest BCUT2D eigenvalue weighted by Crippen LogP contribution is 2.61. The summed E-state index contributed by atoms with van der Waals surface area (Å²) in [6, 6.07) is 130. The highest BCUT2D eigenvalue weighted by atomic mass is 36.0. The SMILES string of the molecule is COC(=O)c1c(N)sc2ccccc12.Cc1cccc(-c2cccc3c2c2ccccc2n3-c2ccccc2)c1.Clc1nc(-c2ccccc2)c2c(n1)sc1ccccc12.Clc1nc(Cl)c2c(n1)sc1ccccc12.O=P(Cl)(Cl)Cl.O=c1[nH]c(=O)c2c([nH]1)sc1ccccc12.c1ccc(-c2nc(-c3cccc(-c4cccc5c4c4ccccc4n5-c4ccccc4)c3)nc3sc4ccccc4c23)cc1. The number of anilines is 1. The first-order valence-electron chi connectivity index (χ1n) is 43.4. The van der Waals surface area contributed by atoms with Crippen LogP contribution in [0.25, 0.3) is 202 Å². The lowest BCUT2D eigenvalue weighted by Gasteiger charge is -2.10. The van der Waals surface area contributed by atoms with Crippen LogP contribution in [0.1, 0.15) is 15.9 Å². The fourth-order valence-corrected chi connectivity index (χ4v) is 23.5. The van der Waals surface area contributed by atoms with Gasteiger partial charge in [-0.05, 0) is 171 Å². The average Bonchev–Trinajstić information content (AvgIpc) is 1.59. The van der Waals surface area contributed by atoms with Crippen molar-refractivity contribution < 1.29 is 14.1 Å². The highest BCUT2D eigenvalue weighted by Gasteiger charge is 2.24. The van der Waals surface area contributed by atoms with Crippen molar-refractivity contribution in [2.24, 2.45) is 0 Å². The van der Waals surface area contributed by atoms with Crippen LogP contribution in [0.5, 0.6) is 0 Å². The number of aryl methyl sites for hydroxylation is 1. The zero-order valence-electron chi connectivity index (χ0n) is 73.2. The van der Waals surface area contributed by atoms with E-state index in [-0.39, 0.29) is 16.8 Å². The molecular weight excluding hydrogens is 1970 g/mol. The van der Waals surface area contributed by atoms with Gasteiger partial charge in [0.2, 0.25) is 10.6 Å². The Morgan fingerprint density at radius 1 is 0.353 bits per heavy atom. The normalized spacial score (nSPS) is 11.3. The van der Waals surface area contributed by atoms with Gasteiger partial charge in [0.15, 0.2) is 5.82 Å². The second-order valence-corrected chi connectivity index (χ2v) is 44.7. The first-order valence-corrected chi connectivity index (χ1v) is 53.0. The number of rotatable bonds is 8. The third-order valence-electron chi connectivity index (χ3n) is 23.2. The molecule has 0 saturated carbocycles. The summed E-state index contributed by atoms with van der Waals surface area (Å²) < 4.78 is 24.5. The molecule has 0 saturated heterocycles. The molecule has 139 heavy (non-hydrogen) atoms. The molecule has 26 aromatic rings. The van der Waals surface area contributed by atoms with Crippen molar-refractivity contribution in [2.45, 2.75) is 6.92 Å². The van der Waals surface area contributed by atoms with Gasteiger partial charge in [-0.1, -0.05) is 308 Å². The first-order chi connectivity index (χ1) is 67.7. The van der Waals surface area contributed by atoms with Crippen molar-refractivity contribution in [1.82, 2.24) is 49.0 Å². The minimum absolute atomic E-state index is 0.194. The molecule has 0 bridgehead atoms. The molecule has 11 aromatic heterocycles. The Hall–Kier alpha value is -14.1. The van der Waals surface area contributed by atoms with Crippen LogP contribution in [0.2, 0.25) is 15.7 Å². The maximum Gasteiger partial charge on any atom is 0.341 e. The van der Waals surface area contributed by atoms with Crippen LogP contribution in [0.3, 0.4) is 0 Å². The van der Waals surface area contributed by atoms with Gasteiger partial charge in [0, 0.05) is 111 Å². The third kappa shape index (κ3) is 19.3. The summed E-state index contributed by atoms with van der Waals surface area (Å²) in [6.45, 7) is 2.15. The summed E-state index contributed by atoms with van der Waals surface area (Å²) in [7, 11) is 1.36. The quantitative estimate of drug-likeness (QED) is 0.0559. The van der Waals surface area contributed by atoms with E-state index in [1.54, 1.807) is 34.0 Å². The van der Waals surface area contributed by atoms with Crippen molar-refractivity contribution in [2.75, 3.05) is 12.8 Å². The van der Waals surface area contributed by atoms with E-state index in [1.807, 2.05) is 121 Å². The lowest BCUT2D eigenvalue weighted by molar-refractivity contribution is 0.0604. The van der Waals surface area contributed by atoms with Gasteiger partial charge in [-0.2, -0.15) is 0 Å². The van der Waals surface area contributed by atoms with Crippen molar-refractivity contribution in [3.05, 3.63) is 424 Å². The van der Waals surface area contributed by atoms with E-state index in [1.165, 1.54) is 122 Å². The Morgan fingerprint density at radius 3 is 1.22 bits per heavy atom. The molecule has 0 spiro atoms. The average molecular weight is 2040 g/mol. The maximum absolute atomic E-state index is 11.6.